The van der Waals surface area contributed by atoms with E-state index in [2.05, 4.69) is 4.99 Å². The van der Waals surface area contributed by atoms with E-state index >= 15 is 0 Å². The molecule has 0 radical (unpaired) electrons. The van der Waals surface area contributed by atoms with Crippen LogP contribution in [-0.4, -0.2) is 16.6 Å². The molecule has 4 nitrogen and oxygen atoms in total. The quantitative estimate of drug-likeness (QED) is 0.665. The molecule has 0 fully saturated rings. The molecule has 0 unspecified atom stereocenters. The lowest BCUT2D eigenvalue weighted by molar-refractivity contribution is 0.0998. The Balaban J connectivity index is 1.97. The number of fused-ring (bicyclic) bond motifs is 1. The van der Waals surface area contributed by atoms with Gasteiger partial charge >= 0.3 is 0 Å². The van der Waals surface area contributed by atoms with Gasteiger partial charge in [0.2, 0.25) is 0 Å². The van der Waals surface area contributed by atoms with Crippen LogP contribution in [-0.2, 0) is 7.05 Å². The summed E-state index contributed by atoms with van der Waals surface area (Å²) in [6.45, 7) is 5.92. The molecule has 1 amide bonds. The normalized spacial score (nSPS) is 12.2. The summed E-state index contributed by atoms with van der Waals surface area (Å²) in [7, 11) is 1.91. The number of halogens is 1. The first-order valence-corrected chi connectivity index (χ1v) is 9.16. The van der Waals surface area contributed by atoms with Gasteiger partial charge in [0.1, 0.15) is 5.75 Å². The predicted octanol–water partition coefficient (Wildman–Crippen LogP) is 4.73. The van der Waals surface area contributed by atoms with Crippen LogP contribution in [0.15, 0.2) is 41.4 Å². The molecule has 6 heteroatoms. The lowest BCUT2D eigenvalue weighted by Crippen LogP contribution is -2.13. The van der Waals surface area contributed by atoms with Crippen LogP contribution in [0.1, 0.15) is 29.8 Å². The number of hydrogen-bond acceptors (Lipinski definition) is 3. The molecule has 0 N–H and O–H groups in total. The Labute approximate surface area is 155 Å². The fourth-order valence-electron chi connectivity index (χ4n) is 2.67. The van der Waals surface area contributed by atoms with Gasteiger partial charge in [0.15, 0.2) is 4.80 Å². The van der Waals surface area contributed by atoms with E-state index in [1.54, 1.807) is 24.3 Å². The molecule has 1 aromatic heterocycles. The molecule has 130 valence electrons. The summed E-state index contributed by atoms with van der Waals surface area (Å²) in [5, 5.41) is 0.686. The van der Waals surface area contributed by atoms with Crippen LogP contribution in [0.5, 0.6) is 5.75 Å². The topological polar surface area (TPSA) is 43.6 Å². The Morgan fingerprint density at radius 3 is 2.56 bits per heavy atom. The monoisotopic (exact) mass is 374 g/mol. The Morgan fingerprint density at radius 2 is 1.92 bits per heavy atom. The lowest BCUT2D eigenvalue weighted by atomic mass is 10.2. The maximum absolute atomic E-state index is 12.5. The van der Waals surface area contributed by atoms with E-state index in [9.17, 15) is 4.79 Å². The van der Waals surface area contributed by atoms with Gasteiger partial charge in [-0.1, -0.05) is 22.9 Å². The van der Waals surface area contributed by atoms with Crippen molar-refractivity contribution in [3.63, 3.8) is 0 Å². The number of rotatable bonds is 3. The molecule has 1 heterocycles. The van der Waals surface area contributed by atoms with Crippen LogP contribution in [0.3, 0.4) is 0 Å². The zero-order chi connectivity index (χ0) is 18.1. The molecule has 3 aromatic rings. The third kappa shape index (κ3) is 3.78. The van der Waals surface area contributed by atoms with E-state index in [1.165, 1.54) is 11.3 Å². The summed E-state index contributed by atoms with van der Waals surface area (Å²) in [6, 6.07) is 10.9. The highest BCUT2D eigenvalue weighted by Crippen LogP contribution is 2.25. The minimum Gasteiger partial charge on any atom is -0.491 e. The summed E-state index contributed by atoms with van der Waals surface area (Å²) >= 11 is 7.58. The van der Waals surface area contributed by atoms with Crippen LogP contribution >= 0.6 is 22.9 Å². The number of carbonyl (C=O) groups excluding carboxylic acids is 1. The van der Waals surface area contributed by atoms with Crippen LogP contribution in [0.25, 0.3) is 10.2 Å². The van der Waals surface area contributed by atoms with Crippen LogP contribution in [0.2, 0.25) is 5.02 Å². The number of nitrogens with zero attached hydrogens (tertiary/aromatic N) is 2. The van der Waals surface area contributed by atoms with Crippen molar-refractivity contribution in [3.8, 4) is 5.75 Å². The molecule has 25 heavy (non-hydrogen) atoms. The van der Waals surface area contributed by atoms with Gasteiger partial charge in [0, 0.05) is 17.6 Å². The van der Waals surface area contributed by atoms with Crippen molar-refractivity contribution in [2.45, 2.75) is 26.9 Å². The van der Waals surface area contributed by atoms with Gasteiger partial charge in [-0.15, -0.1) is 0 Å². The van der Waals surface area contributed by atoms with Gasteiger partial charge in [-0.05, 0) is 62.7 Å². The molecule has 0 spiro atoms. The molecular weight excluding hydrogens is 356 g/mol. The van der Waals surface area contributed by atoms with E-state index in [0.717, 1.165) is 21.5 Å². The van der Waals surface area contributed by atoms with E-state index in [-0.39, 0.29) is 12.0 Å². The molecule has 0 aliphatic carbocycles. The molecule has 0 aliphatic rings. The summed E-state index contributed by atoms with van der Waals surface area (Å²) in [5.41, 5.74) is 2.63. The molecular formula is C19H19ClN2O2S. The van der Waals surface area contributed by atoms with Crippen LogP contribution < -0.4 is 9.54 Å². The molecule has 3 rings (SSSR count). The van der Waals surface area contributed by atoms with Crippen LogP contribution in [0, 0.1) is 6.92 Å². The van der Waals surface area contributed by atoms with Gasteiger partial charge in [-0.3, -0.25) is 4.79 Å². The second kappa shape index (κ2) is 7.02. The van der Waals surface area contributed by atoms with Crippen molar-refractivity contribution in [2.24, 2.45) is 12.0 Å². The van der Waals surface area contributed by atoms with E-state index in [4.69, 9.17) is 16.3 Å². The first-order chi connectivity index (χ1) is 11.8. The Bertz CT molecular complexity index is 1000. The average Bonchev–Trinajstić information content (AvgIpc) is 2.83. The van der Waals surface area contributed by atoms with Gasteiger partial charge in [0.25, 0.3) is 5.91 Å². The summed E-state index contributed by atoms with van der Waals surface area (Å²) in [5.74, 6) is 0.464. The van der Waals surface area contributed by atoms with Gasteiger partial charge in [-0.25, -0.2) is 0 Å². The van der Waals surface area contributed by atoms with Gasteiger partial charge < -0.3 is 9.30 Å². The first kappa shape index (κ1) is 17.7. The smallest absolute Gasteiger partial charge is 0.279 e. The molecule has 2 aromatic carbocycles. The molecule has 0 bridgehead atoms. The van der Waals surface area contributed by atoms with Crippen molar-refractivity contribution in [2.75, 3.05) is 0 Å². The largest absolute Gasteiger partial charge is 0.491 e. The average molecular weight is 375 g/mol. The Hall–Kier alpha value is -2.11. The molecule has 0 saturated heterocycles. The summed E-state index contributed by atoms with van der Waals surface area (Å²) < 4.78 is 8.54. The third-order valence-corrected chi connectivity index (χ3v) is 5.02. The van der Waals surface area contributed by atoms with Crippen molar-refractivity contribution >= 4 is 39.1 Å². The fraction of sp³-hybridized carbons (Fsp3) is 0.263. The Morgan fingerprint density at radius 1 is 1.24 bits per heavy atom. The van der Waals surface area contributed by atoms with Crippen molar-refractivity contribution in [1.82, 2.24) is 4.57 Å². The predicted molar refractivity (Wildman–Crippen MR) is 103 cm³/mol. The first-order valence-electron chi connectivity index (χ1n) is 7.96. The lowest BCUT2D eigenvalue weighted by Gasteiger charge is -2.09. The standard InChI is InChI=1S/C19H19ClN2O2S/c1-11(2)24-15-7-5-13(6-8-15)18(23)21-19-22(4)17-12(3)9-14(20)10-16(17)25-19/h5-11H,1-4H3. The highest BCUT2D eigenvalue weighted by molar-refractivity contribution is 7.16. The SMILES string of the molecule is Cc1cc(Cl)cc2sc(=NC(=O)c3ccc(OC(C)C)cc3)n(C)c12. The number of carbonyl (C=O) groups is 1. The summed E-state index contributed by atoms with van der Waals surface area (Å²) in [6.07, 6.45) is 0.0962. The maximum atomic E-state index is 12.5. The number of ether oxygens (including phenoxy) is 1. The molecule has 0 atom stereocenters. The second-order valence-electron chi connectivity index (χ2n) is 6.12. The minimum atomic E-state index is -0.276. The third-order valence-electron chi connectivity index (χ3n) is 3.72. The number of aryl methyl sites for hydroxylation is 2. The number of amides is 1. The summed E-state index contributed by atoms with van der Waals surface area (Å²) in [4.78, 5) is 17.4. The highest BCUT2D eigenvalue weighted by Gasteiger charge is 2.10. The van der Waals surface area contributed by atoms with E-state index < -0.39 is 0 Å². The van der Waals surface area contributed by atoms with Gasteiger partial charge in [0.05, 0.1) is 16.3 Å². The minimum absolute atomic E-state index is 0.0962. The number of thiazole rings is 1. The van der Waals surface area contributed by atoms with Crippen molar-refractivity contribution < 1.29 is 9.53 Å². The molecule has 0 aliphatic heterocycles. The van der Waals surface area contributed by atoms with Crippen LogP contribution in [0.4, 0.5) is 0 Å². The van der Waals surface area contributed by atoms with Crippen molar-refractivity contribution in [3.05, 3.63) is 57.3 Å². The molecule has 0 saturated carbocycles. The highest BCUT2D eigenvalue weighted by atomic mass is 35.5. The second-order valence-corrected chi connectivity index (χ2v) is 7.57. The Kier molecular flexibility index (Phi) is 4.97. The van der Waals surface area contributed by atoms with Crippen molar-refractivity contribution in [1.29, 1.82) is 0 Å². The number of hydrogen-bond donors (Lipinski definition) is 0. The number of aromatic nitrogens is 1. The van der Waals surface area contributed by atoms with Gasteiger partial charge in [-0.2, -0.15) is 4.99 Å². The maximum Gasteiger partial charge on any atom is 0.279 e. The zero-order valence-corrected chi connectivity index (χ0v) is 16.1. The van der Waals surface area contributed by atoms with E-state index in [0.29, 0.717) is 15.4 Å². The van der Waals surface area contributed by atoms with E-state index in [1.807, 2.05) is 44.5 Å². The fourth-order valence-corrected chi connectivity index (χ4v) is 4.14. The number of benzene rings is 2. The zero-order valence-electron chi connectivity index (χ0n) is 14.5.